The number of nitrogens with one attached hydrogen (secondary N) is 2. The molecule has 0 bridgehead atoms. The average Bonchev–Trinajstić information content (AvgIpc) is 3.30. The van der Waals surface area contributed by atoms with Crippen molar-refractivity contribution < 1.29 is 18.8 Å². The van der Waals surface area contributed by atoms with Gasteiger partial charge in [0.1, 0.15) is 5.82 Å². The molecule has 3 aromatic rings. The predicted octanol–water partition coefficient (Wildman–Crippen LogP) is 3.80. The van der Waals surface area contributed by atoms with Crippen molar-refractivity contribution in [3.05, 3.63) is 65.0 Å². The van der Waals surface area contributed by atoms with Crippen molar-refractivity contribution in [1.29, 1.82) is 0 Å². The first-order chi connectivity index (χ1) is 19.7. The number of hydrogen-bond donors (Lipinski definition) is 3. The molecule has 5 rings (SSSR count). The Hall–Kier alpha value is -3.79. The third-order valence-corrected chi connectivity index (χ3v) is 8.27. The fourth-order valence-electron chi connectivity index (χ4n) is 6.17. The number of rotatable bonds is 7. The number of carbonyl (C=O) groups is 3. The van der Waals surface area contributed by atoms with Gasteiger partial charge in [0, 0.05) is 36.7 Å². The molecule has 4 N–H and O–H groups in total. The van der Waals surface area contributed by atoms with Crippen LogP contribution >= 0.6 is 0 Å². The molecule has 2 heterocycles. The van der Waals surface area contributed by atoms with Crippen molar-refractivity contribution in [3.63, 3.8) is 0 Å². The van der Waals surface area contributed by atoms with Crippen LogP contribution in [0.1, 0.15) is 74.3 Å². The number of amides is 3. The summed E-state index contributed by atoms with van der Waals surface area (Å²) in [7, 11) is 0. The Labute approximate surface area is 239 Å². The summed E-state index contributed by atoms with van der Waals surface area (Å²) in [4.78, 5) is 47.6. The number of fused-ring (bicyclic) bond motifs is 1. The van der Waals surface area contributed by atoms with Crippen molar-refractivity contribution in [2.45, 2.75) is 71.0 Å². The second kappa shape index (κ2) is 12.4. The number of nitrogens with two attached hydrogens (primary N) is 1. The predicted molar refractivity (Wildman–Crippen MR) is 154 cm³/mol. The van der Waals surface area contributed by atoms with Crippen LogP contribution < -0.4 is 16.7 Å². The first-order valence-corrected chi connectivity index (χ1v) is 14.6. The molecule has 41 heavy (non-hydrogen) atoms. The van der Waals surface area contributed by atoms with Crippen molar-refractivity contribution in [1.82, 2.24) is 19.8 Å². The van der Waals surface area contributed by atoms with Crippen molar-refractivity contribution in [3.8, 4) is 0 Å². The van der Waals surface area contributed by atoms with Gasteiger partial charge < -0.3 is 20.6 Å². The molecule has 10 heteroatoms. The zero-order chi connectivity index (χ0) is 29.1. The maximum atomic E-state index is 13.4. The molecule has 2 aliphatic rings. The maximum absolute atomic E-state index is 13.4. The van der Waals surface area contributed by atoms with Gasteiger partial charge in [0.15, 0.2) is 0 Å². The standard InChI is InChI=1S/C31H39FN6O3/c1-19(2)34-29(40)22-8-12-25(13-9-22)38-27-16-20(17-37-15-3-4-23(18-37)28(33)39)5-14-26(27)35-31(38)36-30(41)21-6-10-24(32)11-7-21/h5-7,10-11,14,16,19,22-23,25H,3-4,8-9,12-13,15,17-18H2,1-2H3,(H2,33,39)(H,34,40)(H,35,36,41). The van der Waals surface area contributed by atoms with Gasteiger partial charge in [-0.05, 0) is 101 Å². The molecule has 218 valence electrons. The average molecular weight is 563 g/mol. The normalized spacial score (nSPS) is 22.2. The highest BCUT2D eigenvalue weighted by atomic mass is 19.1. The monoisotopic (exact) mass is 562 g/mol. The Morgan fingerprint density at radius 2 is 1.78 bits per heavy atom. The summed E-state index contributed by atoms with van der Waals surface area (Å²) >= 11 is 0. The largest absolute Gasteiger partial charge is 0.369 e. The Morgan fingerprint density at radius 1 is 1.05 bits per heavy atom. The van der Waals surface area contributed by atoms with Crippen LogP contribution in [0.4, 0.5) is 4.39 Å². The van der Waals surface area contributed by atoms with Crippen LogP contribution in [0, 0.1) is 17.7 Å². The molecule has 1 aromatic heterocycles. The number of aromatic nitrogens is 2. The second-order valence-electron chi connectivity index (χ2n) is 11.7. The van der Waals surface area contributed by atoms with Crippen molar-refractivity contribution in [2.75, 3.05) is 13.1 Å². The molecule has 2 aromatic carbocycles. The van der Waals surface area contributed by atoms with Gasteiger partial charge in [-0.25, -0.2) is 4.39 Å². The summed E-state index contributed by atoms with van der Waals surface area (Å²) < 4.78 is 15.5. The van der Waals surface area contributed by atoms with E-state index in [-0.39, 0.29) is 35.7 Å². The number of H-pyrrole nitrogens is 1. The fraction of sp³-hybridized carbons (Fsp3) is 0.484. The van der Waals surface area contributed by atoms with Gasteiger partial charge in [-0.2, -0.15) is 4.99 Å². The molecule has 9 nitrogen and oxygen atoms in total. The van der Waals surface area contributed by atoms with E-state index in [4.69, 9.17) is 5.73 Å². The van der Waals surface area contributed by atoms with Crippen LogP contribution in [-0.2, 0) is 16.1 Å². The number of carbonyl (C=O) groups excluding carboxylic acids is 3. The first-order valence-electron chi connectivity index (χ1n) is 14.6. The number of halogens is 1. The van der Waals surface area contributed by atoms with Gasteiger partial charge in [0.2, 0.25) is 17.4 Å². The van der Waals surface area contributed by atoms with Crippen LogP contribution in [0.15, 0.2) is 47.5 Å². The number of nitrogens with zero attached hydrogens (tertiary/aromatic N) is 3. The van der Waals surface area contributed by atoms with E-state index in [1.165, 1.54) is 24.3 Å². The second-order valence-corrected chi connectivity index (χ2v) is 11.7. The zero-order valence-corrected chi connectivity index (χ0v) is 23.7. The Kier molecular flexibility index (Phi) is 8.68. The number of likely N-dealkylation sites (tertiary alicyclic amines) is 1. The Bertz CT molecular complexity index is 1480. The molecular formula is C31H39FN6O3. The lowest BCUT2D eigenvalue weighted by Gasteiger charge is -2.31. The highest BCUT2D eigenvalue weighted by Crippen LogP contribution is 2.34. The van der Waals surface area contributed by atoms with E-state index < -0.39 is 11.7 Å². The van der Waals surface area contributed by atoms with Crippen molar-refractivity contribution >= 4 is 28.8 Å². The molecule has 0 radical (unpaired) electrons. The van der Waals surface area contributed by atoms with Crippen LogP contribution in [0.5, 0.6) is 0 Å². The molecule has 0 spiro atoms. The lowest BCUT2D eigenvalue weighted by Crippen LogP contribution is -2.40. The van der Waals surface area contributed by atoms with Gasteiger partial charge in [-0.3, -0.25) is 19.3 Å². The Balaban J connectivity index is 1.47. The molecule has 1 atom stereocenters. The van der Waals surface area contributed by atoms with E-state index in [0.717, 1.165) is 61.7 Å². The van der Waals surface area contributed by atoms with Crippen LogP contribution in [0.2, 0.25) is 0 Å². The highest BCUT2D eigenvalue weighted by Gasteiger charge is 2.29. The minimum Gasteiger partial charge on any atom is -0.369 e. The number of primary amides is 1. The fourth-order valence-corrected chi connectivity index (χ4v) is 6.17. The number of imidazole rings is 1. The van der Waals surface area contributed by atoms with Gasteiger partial charge in [0.25, 0.3) is 5.91 Å². The Morgan fingerprint density at radius 3 is 2.46 bits per heavy atom. The summed E-state index contributed by atoms with van der Waals surface area (Å²) in [6.45, 7) is 6.17. The molecule has 1 aliphatic heterocycles. The quantitative estimate of drug-likeness (QED) is 0.405. The van der Waals surface area contributed by atoms with Gasteiger partial charge >= 0.3 is 0 Å². The first kappa shape index (κ1) is 28.7. The van der Waals surface area contributed by atoms with Crippen molar-refractivity contribution in [2.24, 2.45) is 22.6 Å². The number of benzene rings is 2. The minimum atomic E-state index is -0.457. The van der Waals surface area contributed by atoms with E-state index in [2.05, 4.69) is 36.9 Å². The van der Waals surface area contributed by atoms with Gasteiger partial charge in [-0.1, -0.05) is 6.07 Å². The number of piperidine rings is 1. The third-order valence-electron chi connectivity index (χ3n) is 8.27. The maximum Gasteiger partial charge on any atom is 0.280 e. The third kappa shape index (κ3) is 6.75. The molecule has 2 fully saturated rings. The molecular weight excluding hydrogens is 523 g/mol. The van der Waals surface area contributed by atoms with E-state index >= 15 is 0 Å². The van der Waals surface area contributed by atoms with E-state index in [1.807, 2.05) is 19.9 Å². The zero-order valence-electron chi connectivity index (χ0n) is 23.7. The summed E-state index contributed by atoms with van der Waals surface area (Å²) in [6, 6.07) is 11.7. The molecule has 1 unspecified atom stereocenters. The smallest absolute Gasteiger partial charge is 0.280 e. The van der Waals surface area contributed by atoms with E-state index in [0.29, 0.717) is 24.3 Å². The van der Waals surface area contributed by atoms with Gasteiger partial charge in [0.05, 0.1) is 17.0 Å². The lowest BCUT2D eigenvalue weighted by molar-refractivity contribution is -0.126. The molecule has 1 aliphatic carbocycles. The number of hydrogen-bond acceptors (Lipinski definition) is 4. The summed E-state index contributed by atoms with van der Waals surface area (Å²) in [5.41, 5.74) is 9.22. The van der Waals surface area contributed by atoms with E-state index in [1.54, 1.807) is 0 Å². The van der Waals surface area contributed by atoms with Crippen LogP contribution in [0.25, 0.3) is 11.0 Å². The SMILES string of the molecule is CC(C)NC(=O)C1CCC(n2/c(=N/C(=O)c3ccc(F)cc3)[nH]c3ccc(CN4CCCC(C(N)=O)C4)cc32)CC1. The summed E-state index contributed by atoms with van der Waals surface area (Å²) in [5.74, 6) is -1.19. The van der Waals surface area contributed by atoms with Gasteiger partial charge in [-0.15, -0.1) is 0 Å². The lowest BCUT2D eigenvalue weighted by atomic mass is 9.85. The topological polar surface area (TPSA) is 126 Å². The van der Waals surface area contributed by atoms with E-state index in [9.17, 15) is 18.8 Å². The molecule has 1 saturated heterocycles. The van der Waals surface area contributed by atoms with Crippen LogP contribution in [-0.4, -0.2) is 51.3 Å². The summed E-state index contributed by atoms with van der Waals surface area (Å²) in [5, 5.41) is 3.03. The minimum absolute atomic E-state index is 0.0337. The number of aromatic amines is 1. The van der Waals surface area contributed by atoms with Crippen LogP contribution in [0.3, 0.4) is 0 Å². The summed E-state index contributed by atoms with van der Waals surface area (Å²) in [6.07, 6.45) is 4.80. The highest BCUT2D eigenvalue weighted by molar-refractivity contribution is 5.95. The molecule has 3 amide bonds. The molecule has 1 saturated carbocycles.